The lowest BCUT2D eigenvalue weighted by Gasteiger charge is -2.22. The van der Waals surface area contributed by atoms with Crippen LogP contribution in [-0.4, -0.2) is 16.1 Å². The number of benzene rings is 2. The topological polar surface area (TPSA) is 62.2 Å². The van der Waals surface area contributed by atoms with Crippen molar-refractivity contribution in [2.75, 3.05) is 5.32 Å². The van der Waals surface area contributed by atoms with E-state index in [0.717, 1.165) is 48.0 Å². The molecule has 0 fully saturated rings. The summed E-state index contributed by atoms with van der Waals surface area (Å²) in [6.45, 7) is 0. The summed E-state index contributed by atoms with van der Waals surface area (Å²) in [6.07, 6.45) is 4.26. The quantitative estimate of drug-likeness (QED) is 0.743. The number of fused-ring (bicyclic) bond motifs is 2. The van der Waals surface area contributed by atoms with E-state index in [0.29, 0.717) is 5.69 Å². The fourth-order valence-corrected chi connectivity index (χ4v) is 3.43. The molecule has 0 unspecified atom stereocenters. The van der Waals surface area contributed by atoms with Gasteiger partial charge in [0.25, 0.3) is 0 Å². The van der Waals surface area contributed by atoms with Crippen LogP contribution in [0, 0.1) is 0 Å². The predicted octanol–water partition coefficient (Wildman–Crippen LogP) is 4.56. The number of pyridine rings is 1. The molecular formula is C20H18N2O2. The fraction of sp³-hybridized carbons (Fsp3) is 0.200. The van der Waals surface area contributed by atoms with Gasteiger partial charge in [-0.2, -0.15) is 0 Å². The second-order valence-electron chi connectivity index (χ2n) is 6.11. The molecule has 1 aliphatic carbocycles. The Morgan fingerprint density at radius 2 is 1.75 bits per heavy atom. The maximum absolute atomic E-state index is 11.5. The molecule has 1 aliphatic rings. The van der Waals surface area contributed by atoms with Crippen molar-refractivity contribution in [2.24, 2.45) is 0 Å². The molecule has 4 nitrogen and oxygen atoms in total. The summed E-state index contributed by atoms with van der Waals surface area (Å²) in [5.74, 6) is -0.926. The molecule has 0 aliphatic heterocycles. The molecule has 2 N–H and O–H groups in total. The first-order valence-electron chi connectivity index (χ1n) is 8.24. The van der Waals surface area contributed by atoms with E-state index in [1.807, 2.05) is 36.4 Å². The lowest BCUT2D eigenvalue weighted by molar-refractivity contribution is 0.0698. The Bertz CT molecular complexity index is 934. The Labute approximate surface area is 140 Å². The van der Waals surface area contributed by atoms with Crippen LogP contribution < -0.4 is 5.32 Å². The van der Waals surface area contributed by atoms with Gasteiger partial charge in [-0.25, -0.2) is 4.79 Å². The normalized spacial score (nSPS) is 13.5. The van der Waals surface area contributed by atoms with Gasteiger partial charge in [0.05, 0.1) is 22.5 Å². The maximum Gasteiger partial charge on any atom is 0.337 e. The van der Waals surface area contributed by atoms with Gasteiger partial charge in [-0.15, -0.1) is 0 Å². The molecule has 4 heteroatoms. The Hall–Kier alpha value is -2.88. The zero-order valence-corrected chi connectivity index (χ0v) is 13.2. The summed E-state index contributed by atoms with van der Waals surface area (Å²) in [4.78, 5) is 16.3. The van der Waals surface area contributed by atoms with Gasteiger partial charge < -0.3 is 10.4 Å². The molecule has 0 bridgehead atoms. The Morgan fingerprint density at radius 3 is 2.62 bits per heavy atom. The third-order valence-electron chi connectivity index (χ3n) is 4.59. The molecule has 120 valence electrons. The molecule has 0 radical (unpaired) electrons. The average molecular weight is 318 g/mol. The number of carbonyl (C=O) groups is 1. The molecule has 24 heavy (non-hydrogen) atoms. The van der Waals surface area contributed by atoms with Crippen molar-refractivity contribution >= 4 is 28.2 Å². The van der Waals surface area contributed by atoms with Crippen LogP contribution in [0.5, 0.6) is 0 Å². The van der Waals surface area contributed by atoms with Crippen LogP contribution in [0.3, 0.4) is 0 Å². The number of aromatic carboxylic acids is 1. The first-order valence-corrected chi connectivity index (χ1v) is 8.24. The summed E-state index contributed by atoms with van der Waals surface area (Å²) in [5.41, 5.74) is 5.21. The first kappa shape index (κ1) is 14.7. The van der Waals surface area contributed by atoms with Crippen LogP contribution >= 0.6 is 0 Å². The summed E-state index contributed by atoms with van der Waals surface area (Å²) < 4.78 is 0. The molecule has 0 saturated carbocycles. The lowest BCUT2D eigenvalue weighted by atomic mass is 9.92. The molecule has 0 saturated heterocycles. The largest absolute Gasteiger partial charge is 0.478 e. The number of hydrogen-bond acceptors (Lipinski definition) is 3. The maximum atomic E-state index is 11.5. The molecule has 0 spiro atoms. The number of anilines is 2. The van der Waals surface area contributed by atoms with E-state index in [1.54, 1.807) is 12.1 Å². The van der Waals surface area contributed by atoms with Crippen molar-refractivity contribution in [3.8, 4) is 0 Å². The molecule has 0 amide bonds. The number of carboxylic acid groups (broad SMARTS) is 1. The van der Waals surface area contributed by atoms with E-state index in [-0.39, 0.29) is 5.56 Å². The number of nitrogens with one attached hydrogen (secondary N) is 1. The third-order valence-corrected chi connectivity index (χ3v) is 4.59. The smallest absolute Gasteiger partial charge is 0.337 e. The zero-order chi connectivity index (χ0) is 16.5. The highest BCUT2D eigenvalue weighted by Gasteiger charge is 2.19. The SMILES string of the molecule is O=C(O)c1ccccc1Nc1c2c(nc3ccccc13)CCCC2. The van der Waals surface area contributed by atoms with Crippen molar-refractivity contribution in [3.63, 3.8) is 0 Å². The van der Waals surface area contributed by atoms with Crippen LogP contribution in [0.1, 0.15) is 34.5 Å². The van der Waals surface area contributed by atoms with E-state index in [4.69, 9.17) is 4.98 Å². The monoisotopic (exact) mass is 318 g/mol. The third kappa shape index (κ3) is 2.50. The number of rotatable bonds is 3. The number of aryl methyl sites for hydroxylation is 1. The van der Waals surface area contributed by atoms with Gasteiger partial charge >= 0.3 is 5.97 Å². The van der Waals surface area contributed by atoms with Gasteiger partial charge in [-0.05, 0) is 49.4 Å². The van der Waals surface area contributed by atoms with Crippen LogP contribution in [-0.2, 0) is 12.8 Å². The summed E-state index contributed by atoms with van der Waals surface area (Å²) in [5, 5.41) is 13.9. The Morgan fingerprint density at radius 1 is 1.00 bits per heavy atom. The second-order valence-corrected chi connectivity index (χ2v) is 6.11. The molecule has 0 atom stereocenters. The number of nitrogens with zero attached hydrogens (tertiary/aromatic N) is 1. The number of para-hydroxylation sites is 2. The van der Waals surface area contributed by atoms with E-state index < -0.39 is 5.97 Å². The van der Waals surface area contributed by atoms with Gasteiger partial charge in [0.15, 0.2) is 0 Å². The van der Waals surface area contributed by atoms with Gasteiger partial charge in [-0.3, -0.25) is 4.98 Å². The van der Waals surface area contributed by atoms with Crippen molar-refractivity contribution in [2.45, 2.75) is 25.7 Å². The van der Waals surface area contributed by atoms with Gasteiger partial charge in [0.2, 0.25) is 0 Å². The van der Waals surface area contributed by atoms with Gasteiger partial charge in [0.1, 0.15) is 0 Å². The second kappa shape index (κ2) is 5.96. The van der Waals surface area contributed by atoms with Crippen LogP contribution in [0.4, 0.5) is 11.4 Å². The van der Waals surface area contributed by atoms with Crippen LogP contribution in [0.2, 0.25) is 0 Å². The zero-order valence-electron chi connectivity index (χ0n) is 13.2. The molecule has 2 aromatic carbocycles. The van der Waals surface area contributed by atoms with E-state index >= 15 is 0 Å². The number of aromatic nitrogens is 1. The minimum Gasteiger partial charge on any atom is -0.478 e. The van der Waals surface area contributed by atoms with E-state index in [2.05, 4.69) is 5.32 Å². The highest BCUT2D eigenvalue weighted by Crippen LogP contribution is 2.35. The molecule has 1 heterocycles. The summed E-state index contributed by atoms with van der Waals surface area (Å²) >= 11 is 0. The van der Waals surface area contributed by atoms with Gasteiger partial charge in [0, 0.05) is 11.1 Å². The lowest BCUT2D eigenvalue weighted by Crippen LogP contribution is -2.11. The van der Waals surface area contributed by atoms with Crippen molar-refractivity contribution in [1.82, 2.24) is 4.98 Å². The minimum atomic E-state index is -0.926. The Balaban J connectivity index is 1.92. The molecular weight excluding hydrogens is 300 g/mol. The van der Waals surface area contributed by atoms with Crippen LogP contribution in [0.15, 0.2) is 48.5 Å². The van der Waals surface area contributed by atoms with E-state index in [9.17, 15) is 9.90 Å². The summed E-state index contributed by atoms with van der Waals surface area (Å²) in [7, 11) is 0. The number of hydrogen-bond donors (Lipinski definition) is 2. The summed E-state index contributed by atoms with van der Waals surface area (Å²) in [6, 6.07) is 15.1. The molecule has 4 rings (SSSR count). The minimum absolute atomic E-state index is 0.281. The number of carboxylic acids is 1. The van der Waals surface area contributed by atoms with Crippen LogP contribution in [0.25, 0.3) is 10.9 Å². The van der Waals surface area contributed by atoms with Gasteiger partial charge in [-0.1, -0.05) is 30.3 Å². The first-order chi connectivity index (χ1) is 11.7. The van der Waals surface area contributed by atoms with Crippen molar-refractivity contribution in [1.29, 1.82) is 0 Å². The predicted molar refractivity (Wildman–Crippen MR) is 95.1 cm³/mol. The average Bonchev–Trinajstić information content (AvgIpc) is 2.62. The standard InChI is InChI=1S/C20H18N2O2/c23-20(24)15-9-3-6-12-18(15)22-19-13-7-1-4-10-16(13)21-17-11-5-2-8-14(17)19/h1,3-4,6-7,9-10,12H,2,5,8,11H2,(H,21,22)(H,23,24). The molecule has 3 aromatic rings. The van der Waals surface area contributed by atoms with Crippen molar-refractivity contribution in [3.05, 3.63) is 65.4 Å². The highest BCUT2D eigenvalue weighted by molar-refractivity contribution is 5.99. The Kier molecular flexibility index (Phi) is 3.65. The van der Waals surface area contributed by atoms with E-state index in [1.165, 1.54) is 5.56 Å². The highest BCUT2D eigenvalue weighted by atomic mass is 16.4. The fourth-order valence-electron chi connectivity index (χ4n) is 3.43. The molecule has 1 aromatic heterocycles. The van der Waals surface area contributed by atoms with Crippen molar-refractivity contribution < 1.29 is 9.90 Å².